The molecular formula is C21H27N3O3. The molecule has 1 saturated heterocycles. The minimum absolute atomic E-state index is 0.0307. The molecule has 2 aromatic carbocycles. The van der Waals surface area contributed by atoms with Crippen molar-refractivity contribution < 1.29 is 14.3 Å². The minimum Gasteiger partial charge on any atom is -0.497 e. The lowest BCUT2D eigenvalue weighted by molar-refractivity contribution is 0.191. The number of nitrogens with one attached hydrogen (secondary N) is 1. The third-order valence-corrected chi connectivity index (χ3v) is 4.67. The molecule has 0 spiro atoms. The average molecular weight is 369 g/mol. The molecule has 1 aliphatic rings. The van der Waals surface area contributed by atoms with Crippen LogP contribution in [0.25, 0.3) is 0 Å². The van der Waals surface area contributed by atoms with Crippen LogP contribution in [0.1, 0.15) is 5.56 Å². The first-order valence-electron chi connectivity index (χ1n) is 9.27. The van der Waals surface area contributed by atoms with Crippen LogP contribution >= 0.6 is 0 Å². The van der Waals surface area contributed by atoms with Crippen LogP contribution in [0.3, 0.4) is 0 Å². The molecule has 0 aromatic heterocycles. The van der Waals surface area contributed by atoms with Gasteiger partial charge in [-0.1, -0.05) is 17.7 Å². The maximum absolute atomic E-state index is 12.3. The number of urea groups is 1. The normalized spacial score (nSPS) is 14.0. The Morgan fingerprint density at radius 3 is 2.22 bits per heavy atom. The zero-order valence-electron chi connectivity index (χ0n) is 16.0. The van der Waals surface area contributed by atoms with Gasteiger partial charge in [-0.05, 0) is 43.3 Å². The van der Waals surface area contributed by atoms with E-state index >= 15 is 0 Å². The topological polar surface area (TPSA) is 54.0 Å². The Bertz CT molecular complexity index is 723. The summed E-state index contributed by atoms with van der Waals surface area (Å²) in [5.41, 5.74) is 2.47. The predicted molar refractivity (Wildman–Crippen MR) is 107 cm³/mol. The van der Waals surface area contributed by atoms with Crippen LogP contribution < -0.4 is 19.7 Å². The van der Waals surface area contributed by atoms with E-state index in [0.29, 0.717) is 13.2 Å². The lowest BCUT2D eigenvalue weighted by Crippen LogP contribution is -2.52. The van der Waals surface area contributed by atoms with Crippen LogP contribution in [0.4, 0.5) is 10.5 Å². The van der Waals surface area contributed by atoms with Gasteiger partial charge in [0.1, 0.15) is 18.1 Å². The van der Waals surface area contributed by atoms with Crippen molar-refractivity contribution in [3.05, 3.63) is 54.1 Å². The van der Waals surface area contributed by atoms with E-state index in [1.807, 2.05) is 29.2 Å². The Morgan fingerprint density at radius 1 is 0.963 bits per heavy atom. The summed E-state index contributed by atoms with van der Waals surface area (Å²) in [4.78, 5) is 16.5. The number of carbonyl (C=O) groups is 1. The van der Waals surface area contributed by atoms with Gasteiger partial charge in [-0.25, -0.2) is 4.79 Å². The molecule has 3 rings (SSSR count). The molecule has 0 bridgehead atoms. The monoisotopic (exact) mass is 369 g/mol. The standard InChI is InChI=1S/C21H27N3O3/c1-17-3-5-18(6-4-17)23-12-14-24(15-13-23)21(25)22-11-16-27-20-9-7-19(26-2)8-10-20/h3-10H,11-16H2,1-2H3,(H,22,25). The average Bonchev–Trinajstić information content (AvgIpc) is 2.72. The van der Waals surface area contributed by atoms with Gasteiger partial charge < -0.3 is 24.6 Å². The highest BCUT2D eigenvalue weighted by Gasteiger charge is 2.20. The van der Waals surface area contributed by atoms with E-state index in [-0.39, 0.29) is 6.03 Å². The van der Waals surface area contributed by atoms with Crippen molar-refractivity contribution in [2.75, 3.05) is 51.3 Å². The van der Waals surface area contributed by atoms with Gasteiger partial charge in [-0.15, -0.1) is 0 Å². The summed E-state index contributed by atoms with van der Waals surface area (Å²) in [7, 11) is 1.63. The number of ether oxygens (including phenoxy) is 2. The summed E-state index contributed by atoms with van der Waals surface area (Å²) in [6.07, 6.45) is 0. The van der Waals surface area contributed by atoms with Crippen molar-refractivity contribution in [3.63, 3.8) is 0 Å². The van der Waals surface area contributed by atoms with Crippen LogP contribution in [0.5, 0.6) is 11.5 Å². The highest BCUT2D eigenvalue weighted by atomic mass is 16.5. The molecule has 0 unspecified atom stereocenters. The first-order chi connectivity index (χ1) is 13.2. The summed E-state index contributed by atoms with van der Waals surface area (Å²) in [5, 5.41) is 2.93. The van der Waals surface area contributed by atoms with Crippen LogP contribution in [0.15, 0.2) is 48.5 Å². The second-order valence-electron chi connectivity index (χ2n) is 6.57. The van der Waals surface area contributed by atoms with Crippen molar-refractivity contribution in [2.45, 2.75) is 6.92 Å². The minimum atomic E-state index is -0.0307. The van der Waals surface area contributed by atoms with Gasteiger partial charge in [0.2, 0.25) is 0 Å². The smallest absolute Gasteiger partial charge is 0.317 e. The van der Waals surface area contributed by atoms with E-state index < -0.39 is 0 Å². The Kier molecular flexibility index (Phi) is 6.41. The quantitative estimate of drug-likeness (QED) is 0.796. The molecule has 1 N–H and O–H groups in total. The molecule has 2 aromatic rings. The molecule has 0 aliphatic carbocycles. The number of anilines is 1. The third-order valence-electron chi connectivity index (χ3n) is 4.67. The molecule has 1 heterocycles. The highest BCUT2D eigenvalue weighted by molar-refractivity contribution is 5.74. The van der Waals surface area contributed by atoms with E-state index in [1.54, 1.807) is 7.11 Å². The Balaban J connectivity index is 1.36. The Hall–Kier alpha value is -2.89. The number of carbonyl (C=O) groups excluding carboxylic acids is 1. The number of piperazine rings is 1. The SMILES string of the molecule is COc1ccc(OCCNC(=O)N2CCN(c3ccc(C)cc3)CC2)cc1. The highest BCUT2D eigenvalue weighted by Crippen LogP contribution is 2.18. The first-order valence-corrected chi connectivity index (χ1v) is 9.27. The number of benzene rings is 2. The summed E-state index contributed by atoms with van der Waals surface area (Å²) >= 11 is 0. The van der Waals surface area contributed by atoms with E-state index in [2.05, 4.69) is 41.4 Å². The molecule has 6 heteroatoms. The maximum Gasteiger partial charge on any atom is 0.317 e. The number of methoxy groups -OCH3 is 1. The van der Waals surface area contributed by atoms with Crippen LogP contribution in [0.2, 0.25) is 0 Å². The van der Waals surface area contributed by atoms with E-state index in [9.17, 15) is 4.79 Å². The van der Waals surface area contributed by atoms with Crippen LogP contribution in [-0.4, -0.2) is 57.4 Å². The molecule has 1 aliphatic heterocycles. The fraction of sp³-hybridized carbons (Fsp3) is 0.381. The lowest BCUT2D eigenvalue weighted by Gasteiger charge is -2.36. The Morgan fingerprint density at radius 2 is 1.59 bits per heavy atom. The summed E-state index contributed by atoms with van der Waals surface area (Å²) in [6.45, 7) is 6.13. The van der Waals surface area contributed by atoms with E-state index in [4.69, 9.17) is 9.47 Å². The second-order valence-corrected chi connectivity index (χ2v) is 6.57. The third kappa shape index (κ3) is 5.29. The van der Waals surface area contributed by atoms with E-state index in [0.717, 1.165) is 37.7 Å². The molecule has 27 heavy (non-hydrogen) atoms. The van der Waals surface area contributed by atoms with Gasteiger partial charge in [-0.3, -0.25) is 0 Å². The van der Waals surface area contributed by atoms with Gasteiger partial charge in [0.05, 0.1) is 13.7 Å². The number of hydrogen-bond acceptors (Lipinski definition) is 4. The molecule has 6 nitrogen and oxygen atoms in total. The van der Waals surface area contributed by atoms with Gasteiger partial charge in [0, 0.05) is 31.9 Å². The first kappa shape index (κ1) is 18.9. The number of rotatable bonds is 6. The number of aryl methyl sites for hydroxylation is 1. The second kappa shape index (κ2) is 9.16. The van der Waals surface area contributed by atoms with Gasteiger partial charge >= 0.3 is 6.03 Å². The van der Waals surface area contributed by atoms with Gasteiger partial charge in [-0.2, -0.15) is 0 Å². The van der Waals surface area contributed by atoms with Crippen molar-refractivity contribution in [3.8, 4) is 11.5 Å². The molecule has 2 amide bonds. The number of nitrogens with zero attached hydrogens (tertiary/aromatic N) is 2. The molecule has 0 atom stereocenters. The molecule has 0 saturated carbocycles. The molecule has 1 fully saturated rings. The fourth-order valence-electron chi connectivity index (χ4n) is 3.03. The van der Waals surface area contributed by atoms with Crippen LogP contribution in [0, 0.1) is 6.92 Å². The van der Waals surface area contributed by atoms with Gasteiger partial charge in [0.15, 0.2) is 0 Å². The predicted octanol–water partition coefficient (Wildman–Crippen LogP) is 2.91. The number of hydrogen-bond donors (Lipinski definition) is 1. The Labute approximate surface area is 160 Å². The van der Waals surface area contributed by atoms with Crippen molar-refractivity contribution in [1.82, 2.24) is 10.2 Å². The lowest BCUT2D eigenvalue weighted by atomic mass is 10.2. The van der Waals surface area contributed by atoms with Crippen LogP contribution in [-0.2, 0) is 0 Å². The van der Waals surface area contributed by atoms with Crippen molar-refractivity contribution >= 4 is 11.7 Å². The maximum atomic E-state index is 12.3. The van der Waals surface area contributed by atoms with Crippen molar-refractivity contribution in [2.24, 2.45) is 0 Å². The van der Waals surface area contributed by atoms with E-state index in [1.165, 1.54) is 11.3 Å². The largest absolute Gasteiger partial charge is 0.497 e. The van der Waals surface area contributed by atoms with Gasteiger partial charge in [0.25, 0.3) is 0 Å². The number of amides is 2. The summed E-state index contributed by atoms with van der Waals surface area (Å²) < 4.78 is 10.7. The zero-order chi connectivity index (χ0) is 19.1. The summed E-state index contributed by atoms with van der Waals surface area (Å²) in [6, 6.07) is 15.9. The van der Waals surface area contributed by atoms with Crippen molar-refractivity contribution in [1.29, 1.82) is 0 Å². The zero-order valence-corrected chi connectivity index (χ0v) is 16.0. The molecular weight excluding hydrogens is 342 g/mol. The molecule has 0 radical (unpaired) electrons. The summed E-state index contributed by atoms with van der Waals surface area (Å²) in [5.74, 6) is 1.55. The molecule has 144 valence electrons. The fourth-order valence-corrected chi connectivity index (χ4v) is 3.03.